The molecule has 1 aromatic rings. The summed E-state index contributed by atoms with van der Waals surface area (Å²) in [6.07, 6.45) is 8.53. The number of aliphatic hydroxyl groups is 2. The Labute approximate surface area is 144 Å². The van der Waals surface area contributed by atoms with Gasteiger partial charge in [-0.1, -0.05) is 31.4 Å². The second-order valence-electron chi connectivity index (χ2n) is 6.07. The van der Waals surface area contributed by atoms with Crippen molar-refractivity contribution in [3.8, 4) is 0 Å². The lowest BCUT2D eigenvalue weighted by Crippen LogP contribution is -2.28. The van der Waals surface area contributed by atoms with Gasteiger partial charge in [0.05, 0.1) is 5.60 Å². The monoisotopic (exact) mass is 419 g/mol. The number of benzene rings is 1. The van der Waals surface area contributed by atoms with Crippen molar-refractivity contribution in [1.29, 1.82) is 0 Å². The van der Waals surface area contributed by atoms with Gasteiger partial charge in [0.15, 0.2) is 0 Å². The van der Waals surface area contributed by atoms with Gasteiger partial charge in [-0.25, -0.2) is 4.39 Å². The summed E-state index contributed by atoms with van der Waals surface area (Å²) in [7, 11) is 0. The van der Waals surface area contributed by atoms with Crippen LogP contribution < -0.4 is 5.73 Å². The van der Waals surface area contributed by atoms with Crippen molar-refractivity contribution in [1.82, 2.24) is 0 Å². The quantitative estimate of drug-likeness (QED) is 0.506. The SMILES string of the molecule is NCCC(O)(I)c1cc(F)cc(C=CC2(O)CCCCC2)c1. The Balaban J connectivity index is 2.23. The minimum absolute atomic E-state index is 0.320. The minimum Gasteiger partial charge on any atom is -0.386 e. The molecular weight excluding hydrogens is 396 g/mol. The molecule has 0 amide bonds. The lowest BCUT2D eigenvalue weighted by atomic mass is 9.84. The highest BCUT2D eigenvalue weighted by Gasteiger charge is 2.27. The maximum atomic E-state index is 13.8. The van der Waals surface area contributed by atoms with Crippen LogP contribution in [0.5, 0.6) is 0 Å². The van der Waals surface area contributed by atoms with Crippen LogP contribution in [0.2, 0.25) is 0 Å². The Hall–Kier alpha value is -0.500. The van der Waals surface area contributed by atoms with Gasteiger partial charge < -0.3 is 15.9 Å². The highest BCUT2D eigenvalue weighted by Crippen LogP contribution is 2.34. The smallest absolute Gasteiger partial charge is 0.142 e. The zero-order valence-corrected chi connectivity index (χ0v) is 14.7. The molecule has 1 unspecified atom stereocenters. The van der Waals surface area contributed by atoms with E-state index in [1.165, 1.54) is 12.1 Å². The third kappa shape index (κ3) is 4.75. The van der Waals surface area contributed by atoms with Crippen LogP contribution in [-0.2, 0) is 3.61 Å². The fraction of sp³-hybridized carbons (Fsp3) is 0.529. The van der Waals surface area contributed by atoms with Gasteiger partial charge in [0, 0.05) is 6.42 Å². The van der Waals surface area contributed by atoms with Gasteiger partial charge in [-0.3, -0.25) is 0 Å². The first kappa shape index (κ1) is 17.8. The Morgan fingerprint density at radius 3 is 2.59 bits per heavy atom. The van der Waals surface area contributed by atoms with Gasteiger partial charge in [-0.2, -0.15) is 0 Å². The summed E-state index contributed by atoms with van der Waals surface area (Å²) in [6.45, 7) is 0.320. The Kier molecular flexibility index (Phi) is 5.99. The van der Waals surface area contributed by atoms with Crippen LogP contribution in [0.4, 0.5) is 4.39 Å². The Morgan fingerprint density at radius 1 is 1.27 bits per heavy atom. The lowest BCUT2D eigenvalue weighted by molar-refractivity contribution is 0.0521. The normalized spacial score (nSPS) is 21.0. The van der Waals surface area contributed by atoms with Crippen LogP contribution in [0.1, 0.15) is 49.7 Å². The van der Waals surface area contributed by atoms with E-state index in [1.54, 1.807) is 18.2 Å². The molecule has 0 saturated heterocycles. The van der Waals surface area contributed by atoms with Crippen LogP contribution in [0.15, 0.2) is 24.3 Å². The molecule has 2 rings (SSSR count). The first-order valence-electron chi connectivity index (χ1n) is 7.69. The lowest BCUT2D eigenvalue weighted by Gasteiger charge is -2.28. The van der Waals surface area contributed by atoms with Crippen molar-refractivity contribution in [2.24, 2.45) is 5.73 Å². The molecule has 0 radical (unpaired) electrons. The second-order valence-corrected chi connectivity index (χ2v) is 7.85. The first-order chi connectivity index (χ1) is 10.3. The van der Waals surface area contributed by atoms with E-state index in [2.05, 4.69) is 0 Å². The van der Waals surface area contributed by atoms with Gasteiger partial charge in [0.25, 0.3) is 0 Å². The molecule has 1 aliphatic rings. The van der Waals surface area contributed by atoms with Crippen LogP contribution in [0.25, 0.3) is 6.08 Å². The number of halogens is 2. The van der Waals surface area contributed by atoms with E-state index in [1.807, 2.05) is 22.6 Å². The average molecular weight is 419 g/mol. The van der Waals surface area contributed by atoms with Crippen molar-refractivity contribution in [3.63, 3.8) is 0 Å². The van der Waals surface area contributed by atoms with Crippen molar-refractivity contribution in [2.75, 3.05) is 6.54 Å². The summed E-state index contributed by atoms with van der Waals surface area (Å²) in [6, 6.07) is 4.48. The highest BCUT2D eigenvalue weighted by molar-refractivity contribution is 14.1. The first-order valence-corrected chi connectivity index (χ1v) is 8.77. The molecule has 0 aliphatic heterocycles. The molecule has 0 bridgehead atoms. The summed E-state index contributed by atoms with van der Waals surface area (Å²) in [5.74, 6) is -0.403. The predicted octanol–water partition coefficient (Wildman–Crippen LogP) is 3.46. The standard InChI is InChI=1S/C17H23FINO2/c18-15-11-13(4-7-16(21)5-2-1-3-6-16)10-14(12-15)17(19,22)8-9-20/h4,7,10-12,21-22H,1-3,5-6,8-9,20H2. The van der Waals surface area contributed by atoms with E-state index >= 15 is 0 Å². The van der Waals surface area contributed by atoms with E-state index in [0.29, 0.717) is 24.1 Å². The number of hydrogen-bond acceptors (Lipinski definition) is 3. The number of hydrogen-bond donors (Lipinski definition) is 3. The summed E-state index contributed by atoms with van der Waals surface area (Å²) < 4.78 is 12.6. The highest BCUT2D eigenvalue weighted by atomic mass is 127. The molecular formula is C17H23FINO2. The molecule has 0 aromatic heterocycles. The van der Waals surface area contributed by atoms with E-state index in [4.69, 9.17) is 5.73 Å². The molecule has 1 saturated carbocycles. The Morgan fingerprint density at radius 2 is 1.95 bits per heavy atom. The van der Waals surface area contributed by atoms with Gasteiger partial charge in [-0.05, 0) is 71.3 Å². The van der Waals surface area contributed by atoms with Crippen LogP contribution in [0.3, 0.4) is 0 Å². The van der Waals surface area contributed by atoms with Gasteiger partial charge in [0.1, 0.15) is 9.43 Å². The molecule has 1 aromatic carbocycles. The molecule has 22 heavy (non-hydrogen) atoms. The summed E-state index contributed by atoms with van der Waals surface area (Å²) in [4.78, 5) is 0. The number of nitrogens with two attached hydrogens (primary N) is 1. The predicted molar refractivity (Wildman–Crippen MR) is 95.1 cm³/mol. The molecule has 0 heterocycles. The fourth-order valence-corrected chi connectivity index (χ4v) is 3.47. The van der Waals surface area contributed by atoms with Gasteiger partial charge in [0.2, 0.25) is 0 Å². The molecule has 4 N–H and O–H groups in total. The molecule has 1 aliphatic carbocycles. The van der Waals surface area contributed by atoms with E-state index in [-0.39, 0.29) is 0 Å². The molecule has 122 valence electrons. The number of alkyl halides is 1. The third-order valence-electron chi connectivity index (χ3n) is 4.14. The van der Waals surface area contributed by atoms with Crippen molar-refractivity contribution in [2.45, 2.75) is 47.7 Å². The van der Waals surface area contributed by atoms with Crippen molar-refractivity contribution in [3.05, 3.63) is 41.2 Å². The summed E-state index contributed by atoms with van der Waals surface area (Å²) in [5.41, 5.74) is 5.84. The van der Waals surface area contributed by atoms with Crippen LogP contribution in [-0.4, -0.2) is 22.4 Å². The summed E-state index contributed by atoms with van der Waals surface area (Å²) >= 11 is 1.88. The molecule has 0 spiro atoms. The van der Waals surface area contributed by atoms with E-state index in [9.17, 15) is 14.6 Å². The zero-order chi connectivity index (χ0) is 16.2. The van der Waals surface area contributed by atoms with Gasteiger partial charge >= 0.3 is 0 Å². The molecule has 3 nitrogen and oxygen atoms in total. The summed E-state index contributed by atoms with van der Waals surface area (Å²) in [5, 5.41) is 20.8. The second kappa shape index (κ2) is 7.38. The largest absolute Gasteiger partial charge is 0.386 e. The van der Waals surface area contributed by atoms with Gasteiger partial charge in [-0.15, -0.1) is 0 Å². The van der Waals surface area contributed by atoms with Crippen LogP contribution in [0, 0.1) is 5.82 Å². The van der Waals surface area contributed by atoms with Crippen LogP contribution >= 0.6 is 22.6 Å². The van der Waals surface area contributed by atoms with E-state index in [0.717, 1.165) is 32.1 Å². The zero-order valence-electron chi connectivity index (χ0n) is 12.6. The maximum Gasteiger partial charge on any atom is 0.142 e. The number of rotatable bonds is 5. The average Bonchev–Trinajstić information content (AvgIpc) is 2.45. The fourth-order valence-electron chi connectivity index (χ4n) is 2.85. The minimum atomic E-state index is -1.18. The van der Waals surface area contributed by atoms with Crippen molar-refractivity contribution >= 4 is 28.7 Å². The Bertz CT molecular complexity index is 539. The van der Waals surface area contributed by atoms with E-state index < -0.39 is 15.0 Å². The molecule has 1 atom stereocenters. The molecule has 1 fully saturated rings. The molecule has 5 heteroatoms. The topological polar surface area (TPSA) is 66.5 Å². The third-order valence-corrected chi connectivity index (χ3v) is 5.31. The van der Waals surface area contributed by atoms with Crippen molar-refractivity contribution < 1.29 is 14.6 Å². The maximum absolute atomic E-state index is 13.8.